The highest BCUT2D eigenvalue weighted by molar-refractivity contribution is 6.33. The van der Waals surface area contributed by atoms with Gasteiger partial charge in [-0.3, -0.25) is 4.68 Å². The van der Waals surface area contributed by atoms with Crippen LogP contribution in [0.4, 0.5) is 0 Å². The Hall–Kier alpha value is -1.28. The van der Waals surface area contributed by atoms with Crippen molar-refractivity contribution in [1.29, 1.82) is 0 Å². The fourth-order valence-corrected chi connectivity index (χ4v) is 2.09. The summed E-state index contributed by atoms with van der Waals surface area (Å²) in [6.45, 7) is 4.33. The van der Waals surface area contributed by atoms with Crippen LogP contribution in [0.15, 0.2) is 30.5 Å². The average Bonchev–Trinajstić information content (AvgIpc) is 2.61. The van der Waals surface area contributed by atoms with Crippen LogP contribution < -0.4 is 0 Å². The standard InChI is InChI=1S/C13H15ClN2/c1-9(2)11-8-15-16(3)13(11)10-6-4-5-7-12(10)14/h4-9H,1-3H3. The van der Waals surface area contributed by atoms with Crippen molar-refractivity contribution in [1.82, 2.24) is 9.78 Å². The third-order valence-electron chi connectivity index (χ3n) is 2.72. The van der Waals surface area contributed by atoms with E-state index in [4.69, 9.17) is 11.6 Å². The molecule has 0 saturated carbocycles. The third kappa shape index (κ3) is 1.85. The molecular weight excluding hydrogens is 220 g/mol. The maximum Gasteiger partial charge on any atom is 0.0728 e. The second-order valence-corrected chi connectivity index (χ2v) is 4.61. The van der Waals surface area contributed by atoms with E-state index >= 15 is 0 Å². The normalized spacial score (nSPS) is 11.1. The summed E-state index contributed by atoms with van der Waals surface area (Å²) in [7, 11) is 1.95. The Balaban J connectivity index is 2.64. The summed E-state index contributed by atoms with van der Waals surface area (Å²) >= 11 is 6.22. The molecule has 0 spiro atoms. The van der Waals surface area contributed by atoms with Gasteiger partial charge in [0.2, 0.25) is 0 Å². The Morgan fingerprint density at radius 3 is 2.56 bits per heavy atom. The Labute approximate surface area is 101 Å². The summed E-state index contributed by atoms with van der Waals surface area (Å²) in [4.78, 5) is 0. The van der Waals surface area contributed by atoms with E-state index in [0.717, 1.165) is 16.3 Å². The largest absolute Gasteiger partial charge is 0.268 e. The quantitative estimate of drug-likeness (QED) is 0.772. The molecule has 0 saturated heterocycles. The molecule has 1 heterocycles. The van der Waals surface area contributed by atoms with Gasteiger partial charge in [-0.25, -0.2) is 0 Å². The zero-order valence-corrected chi connectivity index (χ0v) is 10.5. The maximum atomic E-state index is 6.22. The van der Waals surface area contributed by atoms with Gasteiger partial charge in [-0.2, -0.15) is 5.10 Å². The van der Waals surface area contributed by atoms with Gasteiger partial charge in [-0.05, 0) is 12.0 Å². The predicted molar refractivity (Wildman–Crippen MR) is 67.7 cm³/mol. The minimum absolute atomic E-state index is 0.444. The maximum absolute atomic E-state index is 6.22. The van der Waals surface area contributed by atoms with Crippen molar-refractivity contribution in [3.8, 4) is 11.3 Å². The molecule has 0 N–H and O–H groups in total. The van der Waals surface area contributed by atoms with Gasteiger partial charge in [-0.15, -0.1) is 0 Å². The topological polar surface area (TPSA) is 17.8 Å². The van der Waals surface area contributed by atoms with Gasteiger partial charge in [0, 0.05) is 23.2 Å². The van der Waals surface area contributed by atoms with E-state index < -0.39 is 0 Å². The molecule has 0 bridgehead atoms. The number of nitrogens with zero attached hydrogens (tertiary/aromatic N) is 2. The van der Waals surface area contributed by atoms with E-state index in [1.807, 2.05) is 42.2 Å². The summed E-state index contributed by atoms with van der Waals surface area (Å²) in [5, 5.41) is 5.08. The molecule has 16 heavy (non-hydrogen) atoms. The van der Waals surface area contributed by atoms with E-state index in [9.17, 15) is 0 Å². The molecule has 1 aromatic heterocycles. The molecule has 1 aromatic carbocycles. The SMILES string of the molecule is CC(C)c1cnn(C)c1-c1ccccc1Cl. The predicted octanol–water partition coefficient (Wildman–Crippen LogP) is 3.86. The molecule has 0 fully saturated rings. The lowest BCUT2D eigenvalue weighted by Crippen LogP contribution is -1.97. The summed E-state index contributed by atoms with van der Waals surface area (Å²) in [5.74, 6) is 0.444. The number of halogens is 1. The first kappa shape index (κ1) is 11.2. The fraction of sp³-hybridized carbons (Fsp3) is 0.308. The number of benzene rings is 1. The molecule has 0 radical (unpaired) electrons. The molecule has 0 aliphatic carbocycles. The molecule has 2 rings (SSSR count). The van der Waals surface area contributed by atoms with Crippen LogP contribution in [-0.4, -0.2) is 9.78 Å². The van der Waals surface area contributed by atoms with E-state index in [1.54, 1.807) is 0 Å². The Kier molecular flexibility index (Phi) is 3.01. The molecule has 2 nitrogen and oxygen atoms in total. The van der Waals surface area contributed by atoms with Gasteiger partial charge < -0.3 is 0 Å². The molecule has 0 unspecified atom stereocenters. The van der Waals surface area contributed by atoms with E-state index in [-0.39, 0.29) is 0 Å². The molecule has 84 valence electrons. The minimum atomic E-state index is 0.444. The summed E-state index contributed by atoms with van der Waals surface area (Å²) in [6, 6.07) is 7.88. The third-order valence-corrected chi connectivity index (χ3v) is 3.05. The van der Waals surface area contributed by atoms with Crippen LogP contribution in [0.5, 0.6) is 0 Å². The average molecular weight is 235 g/mol. The lowest BCUT2D eigenvalue weighted by atomic mass is 9.99. The fourth-order valence-electron chi connectivity index (χ4n) is 1.86. The van der Waals surface area contributed by atoms with Gasteiger partial charge in [0.05, 0.1) is 11.9 Å². The van der Waals surface area contributed by atoms with Crippen LogP contribution in [-0.2, 0) is 7.05 Å². The highest BCUT2D eigenvalue weighted by Crippen LogP contribution is 2.33. The lowest BCUT2D eigenvalue weighted by Gasteiger charge is -2.10. The van der Waals surface area contributed by atoms with Gasteiger partial charge in [0.1, 0.15) is 0 Å². The van der Waals surface area contributed by atoms with Gasteiger partial charge in [-0.1, -0.05) is 43.6 Å². The van der Waals surface area contributed by atoms with Crippen molar-refractivity contribution in [2.24, 2.45) is 7.05 Å². The van der Waals surface area contributed by atoms with Gasteiger partial charge >= 0.3 is 0 Å². The van der Waals surface area contributed by atoms with Crippen molar-refractivity contribution < 1.29 is 0 Å². The summed E-state index contributed by atoms with van der Waals surface area (Å²) in [6.07, 6.45) is 1.92. The lowest BCUT2D eigenvalue weighted by molar-refractivity contribution is 0.774. The molecule has 2 aromatic rings. The summed E-state index contributed by atoms with van der Waals surface area (Å²) < 4.78 is 1.89. The molecular formula is C13H15ClN2. The smallest absolute Gasteiger partial charge is 0.0728 e. The van der Waals surface area contributed by atoms with Gasteiger partial charge in [0.15, 0.2) is 0 Å². The minimum Gasteiger partial charge on any atom is -0.268 e. The molecule has 0 atom stereocenters. The second kappa shape index (κ2) is 4.30. The van der Waals surface area contributed by atoms with Gasteiger partial charge in [0.25, 0.3) is 0 Å². The highest BCUT2D eigenvalue weighted by Gasteiger charge is 2.15. The number of rotatable bonds is 2. The van der Waals surface area contributed by atoms with E-state index in [2.05, 4.69) is 18.9 Å². The molecule has 0 aliphatic heterocycles. The van der Waals surface area contributed by atoms with Crippen molar-refractivity contribution >= 4 is 11.6 Å². The Morgan fingerprint density at radius 1 is 1.25 bits per heavy atom. The van der Waals surface area contributed by atoms with Crippen LogP contribution >= 0.6 is 11.6 Å². The van der Waals surface area contributed by atoms with E-state index in [1.165, 1.54) is 5.56 Å². The van der Waals surface area contributed by atoms with Crippen molar-refractivity contribution in [2.45, 2.75) is 19.8 Å². The first-order chi connectivity index (χ1) is 7.61. The van der Waals surface area contributed by atoms with Crippen LogP contribution in [0, 0.1) is 0 Å². The summed E-state index contributed by atoms with van der Waals surface area (Å²) in [5.41, 5.74) is 3.39. The van der Waals surface area contributed by atoms with Crippen molar-refractivity contribution in [3.05, 3.63) is 41.0 Å². The Bertz CT molecular complexity index is 500. The zero-order valence-electron chi connectivity index (χ0n) is 9.74. The first-order valence-corrected chi connectivity index (χ1v) is 5.76. The van der Waals surface area contributed by atoms with Crippen LogP contribution in [0.3, 0.4) is 0 Å². The molecule has 0 aliphatic rings. The van der Waals surface area contributed by atoms with Crippen LogP contribution in [0.1, 0.15) is 25.3 Å². The number of aryl methyl sites for hydroxylation is 1. The monoisotopic (exact) mass is 234 g/mol. The first-order valence-electron chi connectivity index (χ1n) is 5.38. The number of hydrogen-bond acceptors (Lipinski definition) is 1. The molecule has 0 amide bonds. The van der Waals surface area contributed by atoms with Crippen molar-refractivity contribution in [3.63, 3.8) is 0 Å². The van der Waals surface area contributed by atoms with Crippen molar-refractivity contribution in [2.75, 3.05) is 0 Å². The van der Waals surface area contributed by atoms with Crippen LogP contribution in [0.25, 0.3) is 11.3 Å². The zero-order chi connectivity index (χ0) is 11.7. The molecule has 3 heteroatoms. The highest BCUT2D eigenvalue weighted by atomic mass is 35.5. The number of hydrogen-bond donors (Lipinski definition) is 0. The van der Waals surface area contributed by atoms with E-state index in [0.29, 0.717) is 5.92 Å². The van der Waals surface area contributed by atoms with Crippen LogP contribution in [0.2, 0.25) is 5.02 Å². The Morgan fingerprint density at radius 2 is 1.94 bits per heavy atom. The second-order valence-electron chi connectivity index (χ2n) is 4.21. The number of aromatic nitrogens is 2.